The summed E-state index contributed by atoms with van der Waals surface area (Å²) >= 11 is 0. The third-order valence-corrected chi connectivity index (χ3v) is 4.09. The van der Waals surface area contributed by atoms with Crippen molar-refractivity contribution in [3.05, 3.63) is 94.8 Å². The summed E-state index contributed by atoms with van der Waals surface area (Å²) in [6.45, 7) is 0. The predicted octanol–water partition coefficient (Wildman–Crippen LogP) is 4.27. The monoisotopic (exact) mass is 302 g/mol. The van der Waals surface area contributed by atoms with Crippen molar-refractivity contribution in [3.63, 3.8) is 0 Å². The highest BCUT2D eigenvalue weighted by molar-refractivity contribution is 6.30. The summed E-state index contributed by atoms with van der Waals surface area (Å²) in [7, 11) is 0. The fourth-order valence-electron chi connectivity index (χ4n) is 3.04. The first-order valence-electron chi connectivity index (χ1n) is 7.24. The molecule has 2 nitrogen and oxygen atoms in total. The Balaban J connectivity index is 2.01. The Kier molecular flexibility index (Phi) is 2.95. The summed E-state index contributed by atoms with van der Waals surface area (Å²) in [6, 6.07) is 17.9. The smallest absolute Gasteiger partial charge is 0.195 e. The minimum absolute atomic E-state index is 0.173. The minimum Gasteiger partial charge on any atom is -0.289 e. The molecule has 0 spiro atoms. The van der Waals surface area contributed by atoms with Gasteiger partial charge in [0.15, 0.2) is 11.6 Å². The molecule has 0 aromatic heterocycles. The summed E-state index contributed by atoms with van der Waals surface area (Å²) in [4.78, 5) is 25.6. The topological polar surface area (TPSA) is 34.1 Å². The zero-order valence-corrected chi connectivity index (χ0v) is 12.0. The van der Waals surface area contributed by atoms with Crippen molar-refractivity contribution in [2.24, 2.45) is 0 Å². The molecule has 0 saturated carbocycles. The van der Waals surface area contributed by atoms with E-state index < -0.39 is 0 Å². The van der Waals surface area contributed by atoms with E-state index in [0.29, 0.717) is 33.4 Å². The number of rotatable bonds is 1. The standard InChI is InChI=1S/C20H11FO2/c21-13-6-3-5-12(11-13)14-9-4-10-17-18(14)20(23)16-8-2-1-7-15(16)19(17)22/h1-11H. The number of hydrogen-bond donors (Lipinski definition) is 0. The number of halogens is 1. The highest BCUT2D eigenvalue weighted by Crippen LogP contribution is 2.34. The van der Waals surface area contributed by atoms with Gasteiger partial charge in [0.2, 0.25) is 0 Å². The number of hydrogen-bond acceptors (Lipinski definition) is 2. The van der Waals surface area contributed by atoms with Gasteiger partial charge in [-0.3, -0.25) is 9.59 Å². The van der Waals surface area contributed by atoms with E-state index in [2.05, 4.69) is 0 Å². The molecule has 0 atom stereocenters. The lowest BCUT2D eigenvalue weighted by atomic mass is 9.80. The first kappa shape index (κ1) is 13.6. The number of benzene rings is 3. The van der Waals surface area contributed by atoms with Crippen molar-refractivity contribution in [1.82, 2.24) is 0 Å². The van der Waals surface area contributed by atoms with Crippen LogP contribution in [0.25, 0.3) is 11.1 Å². The quantitative estimate of drug-likeness (QED) is 0.526. The van der Waals surface area contributed by atoms with Crippen molar-refractivity contribution in [3.8, 4) is 11.1 Å². The van der Waals surface area contributed by atoms with Gasteiger partial charge in [0.1, 0.15) is 5.82 Å². The third-order valence-electron chi connectivity index (χ3n) is 4.09. The van der Waals surface area contributed by atoms with Crippen LogP contribution in [-0.2, 0) is 0 Å². The van der Waals surface area contributed by atoms with Gasteiger partial charge in [-0.25, -0.2) is 4.39 Å². The molecule has 0 aliphatic heterocycles. The molecule has 0 amide bonds. The molecule has 3 aromatic rings. The van der Waals surface area contributed by atoms with Crippen molar-refractivity contribution in [2.45, 2.75) is 0 Å². The Morgan fingerprint density at radius 2 is 1.22 bits per heavy atom. The fraction of sp³-hybridized carbons (Fsp3) is 0. The van der Waals surface area contributed by atoms with Crippen molar-refractivity contribution in [2.75, 3.05) is 0 Å². The lowest BCUT2D eigenvalue weighted by Gasteiger charge is -2.20. The van der Waals surface area contributed by atoms with Gasteiger partial charge < -0.3 is 0 Å². The highest BCUT2D eigenvalue weighted by atomic mass is 19.1. The molecule has 23 heavy (non-hydrogen) atoms. The van der Waals surface area contributed by atoms with E-state index in [1.165, 1.54) is 12.1 Å². The van der Waals surface area contributed by atoms with Crippen molar-refractivity contribution >= 4 is 11.6 Å². The van der Waals surface area contributed by atoms with Crippen molar-refractivity contribution < 1.29 is 14.0 Å². The van der Waals surface area contributed by atoms with Crippen LogP contribution in [0.15, 0.2) is 66.7 Å². The molecule has 4 rings (SSSR count). The molecule has 0 saturated heterocycles. The normalized spacial score (nSPS) is 12.7. The van der Waals surface area contributed by atoms with Gasteiger partial charge in [0, 0.05) is 22.3 Å². The maximum atomic E-state index is 13.5. The first-order chi connectivity index (χ1) is 11.2. The van der Waals surface area contributed by atoms with Gasteiger partial charge >= 0.3 is 0 Å². The zero-order chi connectivity index (χ0) is 16.0. The maximum Gasteiger partial charge on any atom is 0.195 e. The molecule has 0 unspecified atom stereocenters. The second kappa shape index (κ2) is 4.99. The van der Waals surface area contributed by atoms with Crippen LogP contribution < -0.4 is 0 Å². The van der Waals surface area contributed by atoms with E-state index in [1.54, 1.807) is 54.6 Å². The van der Waals surface area contributed by atoms with Crippen LogP contribution in [0, 0.1) is 5.82 Å². The first-order valence-corrected chi connectivity index (χ1v) is 7.24. The second-order valence-electron chi connectivity index (χ2n) is 5.44. The summed E-state index contributed by atoms with van der Waals surface area (Å²) in [6.07, 6.45) is 0. The Labute approximate surface area is 132 Å². The predicted molar refractivity (Wildman–Crippen MR) is 85.1 cm³/mol. The molecule has 0 N–H and O–H groups in total. The number of fused-ring (bicyclic) bond motifs is 2. The van der Waals surface area contributed by atoms with Gasteiger partial charge in [0.05, 0.1) is 0 Å². The van der Waals surface area contributed by atoms with Crippen LogP contribution in [0.1, 0.15) is 31.8 Å². The van der Waals surface area contributed by atoms with E-state index in [4.69, 9.17) is 0 Å². The number of ketones is 2. The molecule has 0 radical (unpaired) electrons. The maximum absolute atomic E-state index is 13.5. The molecule has 0 fully saturated rings. The van der Waals surface area contributed by atoms with Crippen LogP contribution in [-0.4, -0.2) is 11.6 Å². The van der Waals surface area contributed by atoms with Crippen LogP contribution >= 0.6 is 0 Å². The zero-order valence-electron chi connectivity index (χ0n) is 12.0. The molecular formula is C20H11FO2. The molecule has 1 aliphatic carbocycles. The Bertz CT molecular complexity index is 973. The van der Waals surface area contributed by atoms with Crippen LogP contribution in [0.2, 0.25) is 0 Å². The van der Waals surface area contributed by atoms with Crippen LogP contribution in [0.5, 0.6) is 0 Å². The summed E-state index contributed by atoms with van der Waals surface area (Å²) in [5.41, 5.74) is 2.70. The Hall–Kier alpha value is -3.07. The van der Waals surface area contributed by atoms with Gasteiger partial charge in [-0.1, -0.05) is 54.6 Å². The lowest BCUT2D eigenvalue weighted by Crippen LogP contribution is -2.21. The van der Waals surface area contributed by atoms with Crippen molar-refractivity contribution in [1.29, 1.82) is 0 Å². The molecule has 110 valence electrons. The average molecular weight is 302 g/mol. The van der Waals surface area contributed by atoms with E-state index >= 15 is 0 Å². The number of carbonyl (C=O) groups is 2. The van der Waals surface area contributed by atoms with Gasteiger partial charge in [-0.2, -0.15) is 0 Å². The molecule has 0 bridgehead atoms. The average Bonchev–Trinajstić information content (AvgIpc) is 2.59. The minimum atomic E-state index is -0.380. The van der Waals surface area contributed by atoms with Gasteiger partial charge in [-0.15, -0.1) is 0 Å². The summed E-state index contributed by atoms with van der Waals surface area (Å²) in [5, 5.41) is 0. The highest BCUT2D eigenvalue weighted by Gasteiger charge is 2.31. The third kappa shape index (κ3) is 2.01. The number of carbonyl (C=O) groups excluding carboxylic acids is 2. The second-order valence-corrected chi connectivity index (χ2v) is 5.44. The summed E-state index contributed by atoms with van der Waals surface area (Å²) in [5.74, 6) is -0.751. The molecular weight excluding hydrogens is 291 g/mol. The fourth-order valence-corrected chi connectivity index (χ4v) is 3.04. The molecule has 0 heterocycles. The summed E-state index contributed by atoms with van der Waals surface area (Å²) < 4.78 is 13.5. The van der Waals surface area contributed by atoms with Gasteiger partial charge in [-0.05, 0) is 23.3 Å². The van der Waals surface area contributed by atoms with E-state index in [1.807, 2.05) is 0 Å². The Morgan fingerprint density at radius 3 is 1.96 bits per heavy atom. The molecule has 1 aliphatic rings. The van der Waals surface area contributed by atoms with E-state index in [9.17, 15) is 14.0 Å². The SMILES string of the molecule is O=C1c2ccccc2C(=O)c2c1cccc2-c1cccc(F)c1. The van der Waals surface area contributed by atoms with Crippen LogP contribution in [0.4, 0.5) is 4.39 Å². The lowest BCUT2D eigenvalue weighted by molar-refractivity contribution is 0.0979. The molecule has 3 aromatic carbocycles. The van der Waals surface area contributed by atoms with Crippen LogP contribution in [0.3, 0.4) is 0 Å². The largest absolute Gasteiger partial charge is 0.289 e. The van der Waals surface area contributed by atoms with E-state index in [0.717, 1.165) is 0 Å². The van der Waals surface area contributed by atoms with Gasteiger partial charge in [0.25, 0.3) is 0 Å². The Morgan fingerprint density at radius 1 is 0.609 bits per heavy atom. The van der Waals surface area contributed by atoms with E-state index in [-0.39, 0.29) is 17.4 Å². The molecule has 3 heteroatoms.